The summed E-state index contributed by atoms with van der Waals surface area (Å²) < 4.78 is 17.0. The number of rotatable bonds is 4. The van der Waals surface area contributed by atoms with Gasteiger partial charge in [0.05, 0.1) is 20.1 Å². The monoisotopic (exact) mass is 425 g/mol. The van der Waals surface area contributed by atoms with Crippen LogP contribution < -0.4 is 9.47 Å². The van der Waals surface area contributed by atoms with E-state index < -0.39 is 0 Å². The first-order valence-electron chi connectivity index (χ1n) is 11.8. The number of methoxy groups -OCH3 is 2. The largest absolute Gasteiger partial charge is 0.493 e. The molecule has 1 aromatic carbocycles. The van der Waals surface area contributed by atoms with Crippen LogP contribution in [0.3, 0.4) is 0 Å². The predicted octanol–water partition coefficient (Wildman–Crippen LogP) is 4.52. The van der Waals surface area contributed by atoms with Crippen LogP contribution in [0, 0.1) is 17.3 Å². The van der Waals surface area contributed by atoms with E-state index in [1.165, 1.54) is 30.4 Å². The number of nitrogens with zero attached hydrogens (tertiary/aromatic N) is 1. The summed E-state index contributed by atoms with van der Waals surface area (Å²) in [5.41, 5.74) is 6.02. The molecule has 1 saturated heterocycles. The smallest absolute Gasteiger partial charge is 0.310 e. The van der Waals surface area contributed by atoms with Gasteiger partial charge in [0.15, 0.2) is 11.5 Å². The van der Waals surface area contributed by atoms with Crippen LogP contribution in [-0.2, 0) is 22.5 Å². The molecule has 2 fully saturated rings. The lowest BCUT2D eigenvalue weighted by Gasteiger charge is -2.46. The van der Waals surface area contributed by atoms with Gasteiger partial charge < -0.3 is 14.2 Å². The topological polar surface area (TPSA) is 48.0 Å². The lowest BCUT2D eigenvalue weighted by atomic mass is 9.59. The van der Waals surface area contributed by atoms with Crippen molar-refractivity contribution in [1.82, 2.24) is 4.90 Å². The van der Waals surface area contributed by atoms with E-state index in [9.17, 15) is 4.79 Å². The Hall–Kier alpha value is -2.01. The maximum atomic E-state index is 12.9. The molecule has 0 N–H and O–H groups in total. The molecule has 2 aliphatic carbocycles. The fourth-order valence-corrected chi connectivity index (χ4v) is 6.70. The Morgan fingerprint density at radius 3 is 2.65 bits per heavy atom. The second kappa shape index (κ2) is 7.84. The Morgan fingerprint density at radius 1 is 1.16 bits per heavy atom. The zero-order valence-corrected chi connectivity index (χ0v) is 19.3. The number of benzene rings is 1. The molecule has 168 valence electrons. The lowest BCUT2D eigenvalue weighted by molar-refractivity contribution is -0.145. The standard InChI is InChI=1S/C26H35NO4/c1-16-6-5-8-26(2)13-24-19(12-21(16)26)20(25(28)31-24)15-27-9-7-17-10-22(29-3)23(30-4)11-18(17)14-27/h10-11,19-20,24H,5-9,12-15H2,1-4H3. The first-order chi connectivity index (χ1) is 14.9. The van der Waals surface area contributed by atoms with Crippen LogP contribution in [0.15, 0.2) is 23.3 Å². The zero-order chi connectivity index (χ0) is 21.8. The van der Waals surface area contributed by atoms with Gasteiger partial charge in [-0.1, -0.05) is 18.1 Å². The van der Waals surface area contributed by atoms with Gasteiger partial charge >= 0.3 is 5.97 Å². The molecule has 1 saturated carbocycles. The molecule has 2 aliphatic heterocycles. The third kappa shape index (κ3) is 3.55. The summed E-state index contributed by atoms with van der Waals surface area (Å²) in [6, 6.07) is 4.20. The molecule has 0 radical (unpaired) electrons. The molecule has 5 nitrogen and oxygen atoms in total. The molecule has 31 heavy (non-hydrogen) atoms. The molecular formula is C26H35NO4. The van der Waals surface area contributed by atoms with Crippen LogP contribution in [0.1, 0.15) is 57.1 Å². The van der Waals surface area contributed by atoms with Crippen molar-refractivity contribution in [3.63, 3.8) is 0 Å². The van der Waals surface area contributed by atoms with Crippen molar-refractivity contribution in [2.24, 2.45) is 17.3 Å². The van der Waals surface area contributed by atoms with E-state index >= 15 is 0 Å². The summed E-state index contributed by atoms with van der Waals surface area (Å²) in [4.78, 5) is 15.4. The van der Waals surface area contributed by atoms with Crippen LogP contribution in [0.5, 0.6) is 11.5 Å². The highest BCUT2D eigenvalue weighted by Gasteiger charge is 2.53. The maximum Gasteiger partial charge on any atom is 0.310 e. The molecule has 0 amide bonds. The minimum Gasteiger partial charge on any atom is -0.493 e. The normalized spacial score (nSPS) is 32.8. The SMILES string of the molecule is COc1cc2c(cc1OC)CN(CC1C(=O)OC3CC4(C)CCCC(C)=C4CC31)CC2. The molecule has 4 aliphatic rings. The highest BCUT2D eigenvalue weighted by Crippen LogP contribution is 2.55. The third-order valence-electron chi connectivity index (χ3n) is 8.43. The Kier molecular flexibility index (Phi) is 5.28. The molecule has 4 atom stereocenters. The summed E-state index contributed by atoms with van der Waals surface area (Å²) in [7, 11) is 3.36. The van der Waals surface area contributed by atoms with Crippen LogP contribution in [0.25, 0.3) is 0 Å². The van der Waals surface area contributed by atoms with E-state index in [4.69, 9.17) is 14.2 Å². The van der Waals surface area contributed by atoms with Gasteiger partial charge in [0.25, 0.3) is 0 Å². The quantitative estimate of drug-likeness (QED) is 0.524. The van der Waals surface area contributed by atoms with E-state index in [1.54, 1.807) is 25.4 Å². The molecule has 5 rings (SSSR count). The molecule has 4 unspecified atom stereocenters. The lowest BCUT2D eigenvalue weighted by Crippen LogP contribution is -2.42. The molecule has 5 heteroatoms. The number of allylic oxidation sites excluding steroid dienone is 2. The van der Waals surface area contributed by atoms with Crippen molar-refractivity contribution in [2.75, 3.05) is 27.3 Å². The summed E-state index contributed by atoms with van der Waals surface area (Å²) in [6.45, 7) is 7.30. The Balaban J connectivity index is 1.33. The van der Waals surface area contributed by atoms with Crippen molar-refractivity contribution in [2.45, 2.75) is 65.0 Å². The van der Waals surface area contributed by atoms with E-state index in [0.29, 0.717) is 5.92 Å². The second-order valence-electron chi connectivity index (χ2n) is 10.3. The van der Waals surface area contributed by atoms with E-state index in [-0.39, 0.29) is 23.4 Å². The number of fused-ring (bicyclic) bond motifs is 3. The molecule has 0 spiro atoms. The average Bonchev–Trinajstić information content (AvgIpc) is 3.04. The molecule has 0 bridgehead atoms. The van der Waals surface area contributed by atoms with E-state index in [0.717, 1.165) is 50.4 Å². The number of hydrogen-bond donors (Lipinski definition) is 0. The number of carbonyl (C=O) groups is 1. The second-order valence-corrected chi connectivity index (χ2v) is 10.3. The fraction of sp³-hybridized carbons (Fsp3) is 0.654. The van der Waals surface area contributed by atoms with Crippen molar-refractivity contribution in [1.29, 1.82) is 0 Å². The summed E-state index contributed by atoms with van der Waals surface area (Å²) in [5.74, 6) is 1.90. The van der Waals surface area contributed by atoms with Gasteiger partial charge in [-0.15, -0.1) is 0 Å². The average molecular weight is 426 g/mol. The van der Waals surface area contributed by atoms with Crippen LogP contribution in [0.2, 0.25) is 0 Å². The third-order valence-corrected chi connectivity index (χ3v) is 8.43. The fourth-order valence-electron chi connectivity index (χ4n) is 6.70. The van der Waals surface area contributed by atoms with Crippen molar-refractivity contribution >= 4 is 5.97 Å². The predicted molar refractivity (Wildman–Crippen MR) is 119 cm³/mol. The first-order valence-corrected chi connectivity index (χ1v) is 11.8. The van der Waals surface area contributed by atoms with Gasteiger partial charge in [-0.2, -0.15) is 0 Å². The van der Waals surface area contributed by atoms with Crippen LogP contribution in [0.4, 0.5) is 0 Å². The van der Waals surface area contributed by atoms with Gasteiger partial charge in [-0.25, -0.2) is 0 Å². The van der Waals surface area contributed by atoms with Crippen LogP contribution in [-0.4, -0.2) is 44.3 Å². The summed E-state index contributed by atoms with van der Waals surface area (Å²) in [6.07, 6.45) is 6.83. The van der Waals surface area contributed by atoms with Gasteiger partial charge in [-0.3, -0.25) is 9.69 Å². The van der Waals surface area contributed by atoms with Crippen molar-refractivity contribution in [3.8, 4) is 11.5 Å². The van der Waals surface area contributed by atoms with Crippen molar-refractivity contribution < 1.29 is 19.0 Å². The van der Waals surface area contributed by atoms with Gasteiger partial charge in [0, 0.05) is 25.6 Å². The van der Waals surface area contributed by atoms with E-state index in [2.05, 4.69) is 30.9 Å². The Morgan fingerprint density at radius 2 is 1.90 bits per heavy atom. The molecular weight excluding hydrogens is 390 g/mol. The molecule has 2 heterocycles. The van der Waals surface area contributed by atoms with Gasteiger partial charge in [-0.05, 0) is 74.1 Å². The molecule has 1 aromatic rings. The summed E-state index contributed by atoms with van der Waals surface area (Å²) in [5, 5.41) is 0. The zero-order valence-electron chi connectivity index (χ0n) is 19.3. The number of carbonyl (C=O) groups excluding carboxylic acids is 1. The van der Waals surface area contributed by atoms with Crippen LogP contribution >= 0.6 is 0 Å². The summed E-state index contributed by atoms with van der Waals surface area (Å²) >= 11 is 0. The van der Waals surface area contributed by atoms with Gasteiger partial charge in [0.1, 0.15) is 6.10 Å². The first kappa shape index (κ1) is 20.9. The Labute approximate surface area is 185 Å². The van der Waals surface area contributed by atoms with E-state index in [1.807, 2.05) is 0 Å². The number of ether oxygens (including phenoxy) is 3. The minimum atomic E-state index is -0.0153. The van der Waals surface area contributed by atoms with Crippen molar-refractivity contribution in [3.05, 3.63) is 34.4 Å². The highest BCUT2D eigenvalue weighted by atomic mass is 16.6. The highest BCUT2D eigenvalue weighted by molar-refractivity contribution is 5.76. The Bertz CT molecular complexity index is 922. The number of hydrogen-bond acceptors (Lipinski definition) is 5. The van der Waals surface area contributed by atoms with Gasteiger partial charge in [0.2, 0.25) is 0 Å². The minimum absolute atomic E-state index is 0.0153. The maximum absolute atomic E-state index is 12.9. The number of esters is 1. The molecule has 0 aromatic heterocycles.